The predicted molar refractivity (Wildman–Crippen MR) is 96.6 cm³/mol. The van der Waals surface area contributed by atoms with Crippen LogP contribution in [-0.4, -0.2) is 18.5 Å². The standard InChI is InChI=1S/C16H11Cl4NO3/c1-8-2-3-9(17)6-12(8)21-13(22)7-24-16(23)14-10(18)4-5-11(19)15(14)20/h2-6H,7H2,1H3,(H,21,22). The average Bonchev–Trinajstić information content (AvgIpc) is 2.53. The molecule has 0 radical (unpaired) electrons. The van der Waals surface area contributed by atoms with Gasteiger partial charge in [-0.3, -0.25) is 4.79 Å². The molecule has 0 aliphatic carbocycles. The van der Waals surface area contributed by atoms with Crippen molar-refractivity contribution in [3.05, 3.63) is 61.5 Å². The van der Waals surface area contributed by atoms with Crippen molar-refractivity contribution < 1.29 is 14.3 Å². The van der Waals surface area contributed by atoms with Crippen LogP contribution in [0.4, 0.5) is 5.69 Å². The highest BCUT2D eigenvalue weighted by Crippen LogP contribution is 2.31. The number of hydrogen-bond donors (Lipinski definition) is 1. The fourth-order valence-electron chi connectivity index (χ4n) is 1.83. The number of hydrogen-bond acceptors (Lipinski definition) is 3. The van der Waals surface area contributed by atoms with Gasteiger partial charge in [-0.1, -0.05) is 52.5 Å². The summed E-state index contributed by atoms with van der Waals surface area (Å²) in [5, 5.41) is 3.30. The van der Waals surface area contributed by atoms with Gasteiger partial charge in [-0.2, -0.15) is 0 Å². The summed E-state index contributed by atoms with van der Waals surface area (Å²) in [7, 11) is 0. The fourth-order valence-corrected chi connectivity index (χ4v) is 2.69. The number of benzene rings is 2. The molecule has 0 atom stereocenters. The number of rotatable bonds is 4. The first-order valence-electron chi connectivity index (χ1n) is 6.66. The zero-order chi connectivity index (χ0) is 17.9. The van der Waals surface area contributed by atoms with Crippen LogP contribution in [0.3, 0.4) is 0 Å². The molecule has 0 aromatic heterocycles. The van der Waals surface area contributed by atoms with Crippen LogP contribution in [0.1, 0.15) is 15.9 Å². The first-order chi connectivity index (χ1) is 11.3. The van der Waals surface area contributed by atoms with E-state index in [0.29, 0.717) is 10.7 Å². The number of nitrogens with one attached hydrogen (secondary N) is 1. The van der Waals surface area contributed by atoms with Crippen LogP contribution in [0.2, 0.25) is 20.1 Å². The molecule has 8 heteroatoms. The van der Waals surface area contributed by atoms with Crippen molar-refractivity contribution in [2.24, 2.45) is 0 Å². The summed E-state index contributed by atoms with van der Waals surface area (Å²) in [5.41, 5.74) is 1.26. The third kappa shape index (κ3) is 4.54. The normalized spacial score (nSPS) is 10.4. The number of aryl methyl sites for hydroxylation is 1. The molecule has 126 valence electrons. The second kappa shape index (κ2) is 8.08. The number of esters is 1. The van der Waals surface area contributed by atoms with Crippen LogP contribution in [-0.2, 0) is 9.53 Å². The topological polar surface area (TPSA) is 55.4 Å². The Hall–Kier alpha value is -1.46. The summed E-state index contributed by atoms with van der Waals surface area (Å²) >= 11 is 23.6. The lowest BCUT2D eigenvalue weighted by atomic mass is 10.2. The van der Waals surface area contributed by atoms with Crippen LogP contribution in [0, 0.1) is 6.92 Å². The fraction of sp³-hybridized carbons (Fsp3) is 0.125. The Kier molecular flexibility index (Phi) is 6.35. The van der Waals surface area contributed by atoms with Crippen molar-refractivity contribution in [3.63, 3.8) is 0 Å². The molecule has 0 unspecified atom stereocenters. The van der Waals surface area contributed by atoms with Gasteiger partial charge in [0.05, 0.1) is 20.6 Å². The molecule has 0 aliphatic rings. The molecular weight excluding hydrogens is 396 g/mol. The summed E-state index contributed by atoms with van der Waals surface area (Å²) < 4.78 is 4.94. The van der Waals surface area contributed by atoms with E-state index in [-0.39, 0.29) is 20.6 Å². The van der Waals surface area contributed by atoms with Crippen molar-refractivity contribution in [1.82, 2.24) is 0 Å². The van der Waals surface area contributed by atoms with Gasteiger partial charge >= 0.3 is 5.97 Å². The van der Waals surface area contributed by atoms with Gasteiger partial charge in [0.15, 0.2) is 6.61 Å². The summed E-state index contributed by atoms with van der Waals surface area (Å²) in [6, 6.07) is 7.94. The molecule has 0 saturated heterocycles. The molecule has 0 bridgehead atoms. The number of carbonyl (C=O) groups excluding carboxylic acids is 2. The Bertz CT molecular complexity index is 808. The maximum absolute atomic E-state index is 12.1. The van der Waals surface area contributed by atoms with E-state index in [1.807, 2.05) is 6.92 Å². The molecule has 24 heavy (non-hydrogen) atoms. The number of anilines is 1. The zero-order valence-electron chi connectivity index (χ0n) is 12.3. The number of halogens is 4. The minimum atomic E-state index is -0.842. The molecule has 2 aromatic carbocycles. The molecule has 2 aromatic rings. The minimum absolute atomic E-state index is 0.0275. The predicted octanol–water partition coefficient (Wildman–Crippen LogP) is 5.40. The van der Waals surface area contributed by atoms with Gasteiger partial charge < -0.3 is 10.1 Å². The highest BCUT2D eigenvalue weighted by atomic mass is 35.5. The smallest absolute Gasteiger partial charge is 0.341 e. The van der Waals surface area contributed by atoms with E-state index in [9.17, 15) is 9.59 Å². The van der Waals surface area contributed by atoms with Crippen molar-refractivity contribution in [1.29, 1.82) is 0 Å². The van der Waals surface area contributed by atoms with Crippen molar-refractivity contribution in [2.45, 2.75) is 6.92 Å². The van der Waals surface area contributed by atoms with E-state index in [0.717, 1.165) is 5.56 Å². The second-order valence-corrected chi connectivity index (χ2v) is 6.43. The molecule has 0 saturated carbocycles. The Morgan fingerprint density at radius 2 is 1.71 bits per heavy atom. The first kappa shape index (κ1) is 18.9. The molecular formula is C16H11Cl4NO3. The molecule has 0 fully saturated rings. The van der Waals surface area contributed by atoms with Gasteiger partial charge in [0.1, 0.15) is 0 Å². The average molecular weight is 407 g/mol. The Labute approximate surface area is 158 Å². The van der Waals surface area contributed by atoms with Gasteiger partial charge in [0.25, 0.3) is 5.91 Å². The van der Waals surface area contributed by atoms with Gasteiger partial charge in [-0.05, 0) is 36.8 Å². The number of carbonyl (C=O) groups is 2. The quantitative estimate of drug-likeness (QED) is 0.545. The lowest BCUT2D eigenvalue weighted by molar-refractivity contribution is -0.119. The highest BCUT2D eigenvalue weighted by Gasteiger charge is 2.20. The molecule has 4 nitrogen and oxygen atoms in total. The number of ether oxygens (including phenoxy) is 1. The Balaban J connectivity index is 2.03. The third-order valence-electron chi connectivity index (χ3n) is 3.06. The summed E-state index contributed by atoms with van der Waals surface area (Å²) in [6.07, 6.45) is 0. The van der Waals surface area contributed by atoms with Gasteiger partial charge in [-0.25, -0.2) is 4.79 Å². The molecule has 0 heterocycles. The highest BCUT2D eigenvalue weighted by molar-refractivity contribution is 6.46. The number of amides is 1. The molecule has 0 aliphatic heterocycles. The lowest BCUT2D eigenvalue weighted by Gasteiger charge is -2.11. The van der Waals surface area contributed by atoms with Gasteiger partial charge in [0, 0.05) is 10.7 Å². The van der Waals surface area contributed by atoms with Crippen LogP contribution in [0.5, 0.6) is 0 Å². The van der Waals surface area contributed by atoms with Crippen molar-refractivity contribution in [2.75, 3.05) is 11.9 Å². The van der Waals surface area contributed by atoms with Gasteiger partial charge in [0.2, 0.25) is 0 Å². The first-order valence-corrected chi connectivity index (χ1v) is 8.17. The van der Waals surface area contributed by atoms with Crippen LogP contribution >= 0.6 is 46.4 Å². The van der Waals surface area contributed by atoms with E-state index >= 15 is 0 Å². The molecule has 1 N–H and O–H groups in total. The monoisotopic (exact) mass is 405 g/mol. The second-order valence-electron chi connectivity index (χ2n) is 4.80. The van der Waals surface area contributed by atoms with Crippen LogP contribution < -0.4 is 5.32 Å². The van der Waals surface area contributed by atoms with Crippen LogP contribution in [0.15, 0.2) is 30.3 Å². The van der Waals surface area contributed by atoms with Crippen molar-refractivity contribution in [3.8, 4) is 0 Å². The summed E-state index contributed by atoms with van der Waals surface area (Å²) in [5.74, 6) is -1.37. The maximum Gasteiger partial charge on any atom is 0.341 e. The summed E-state index contributed by atoms with van der Waals surface area (Å²) in [4.78, 5) is 24.0. The minimum Gasteiger partial charge on any atom is -0.452 e. The van der Waals surface area contributed by atoms with Gasteiger partial charge in [-0.15, -0.1) is 0 Å². The largest absolute Gasteiger partial charge is 0.452 e. The van der Waals surface area contributed by atoms with E-state index in [2.05, 4.69) is 5.32 Å². The van der Waals surface area contributed by atoms with E-state index < -0.39 is 18.5 Å². The maximum atomic E-state index is 12.1. The zero-order valence-corrected chi connectivity index (χ0v) is 15.4. The molecule has 0 spiro atoms. The third-order valence-corrected chi connectivity index (χ3v) is 4.41. The van der Waals surface area contributed by atoms with Crippen molar-refractivity contribution >= 4 is 64.0 Å². The Morgan fingerprint density at radius 3 is 2.42 bits per heavy atom. The van der Waals surface area contributed by atoms with E-state index in [4.69, 9.17) is 51.1 Å². The summed E-state index contributed by atoms with van der Waals surface area (Å²) in [6.45, 7) is 1.30. The van der Waals surface area contributed by atoms with E-state index in [1.165, 1.54) is 12.1 Å². The van der Waals surface area contributed by atoms with E-state index in [1.54, 1.807) is 18.2 Å². The SMILES string of the molecule is Cc1ccc(Cl)cc1NC(=O)COC(=O)c1c(Cl)ccc(Cl)c1Cl. The molecule has 2 rings (SSSR count). The molecule has 1 amide bonds. The Morgan fingerprint density at radius 1 is 1.04 bits per heavy atom. The van der Waals surface area contributed by atoms with Crippen LogP contribution in [0.25, 0.3) is 0 Å². The lowest BCUT2D eigenvalue weighted by Crippen LogP contribution is -2.21.